The summed E-state index contributed by atoms with van der Waals surface area (Å²) in [5.41, 5.74) is 1.94. The molecule has 0 spiro atoms. The number of imidazole rings is 1. The van der Waals surface area contributed by atoms with Gasteiger partial charge >= 0.3 is 5.97 Å². The summed E-state index contributed by atoms with van der Waals surface area (Å²) in [6.07, 6.45) is 7.64. The van der Waals surface area contributed by atoms with Gasteiger partial charge in [-0.2, -0.15) is 0 Å². The second kappa shape index (κ2) is 9.64. The van der Waals surface area contributed by atoms with E-state index in [-0.39, 0.29) is 11.9 Å². The standard InChI is InChI=1S/C22H28N4O3S/c1-2-19(27)25-21-24-17-13-16(9-10-18(17)26(21)22-23-11-12-30-22)20(28)29-14-15-7-5-3-4-6-8-15/h9-10,13,15H,2-8,11-12,14H2,1H3,(H,24,25,27). The molecule has 1 amide bonds. The van der Waals surface area contributed by atoms with Gasteiger partial charge in [0.25, 0.3) is 0 Å². The van der Waals surface area contributed by atoms with E-state index in [1.54, 1.807) is 30.8 Å². The van der Waals surface area contributed by atoms with Crippen LogP contribution in [-0.2, 0) is 9.53 Å². The van der Waals surface area contributed by atoms with Gasteiger partial charge in [0.2, 0.25) is 11.9 Å². The highest BCUT2D eigenvalue weighted by atomic mass is 32.2. The van der Waals surface area contributed by atoms with Crippen LogP contribution >= 0.6 is 11.8 Å². The number of anilines is 1. The van der Waals surface area contributed by atoms with Crippen LogP contribution in [0.2, 0.25) is 0 Å². The highest BCUT2D eigenvalue weighted by Gasteiger charge is 2.21. The summed E-state index contributed by atoms with van der Waals surface area (Å²) in [5.74, 6) is 1.38. The third kappa shape index (κ3) is 4.69. The second-order valence-corrected chi connectivity index (χ2v) is 8.91. The zero-order valence-electron chi connectivity index (χ0n) is 17.4. The van der Waals surface area contributed by atoms with Gasteiger partial charge in [-0.15, -0.1) is 0 Å². The average Bonchev–Trinajstić information content (AvgIpc) is 3.31. The number of nitrogens with one attached hydrogen (secondary N) is 1. The van der Waals surface area contributed by atoms with Crippen molar-refractivity contribution in [1.29, 1.82) is 0 Å². The number of carbonyl (C=O) groups excluding carboxylic acids is 2. The number of hydrogen-bond acceptors (Lipinski definition) is 6. The van der Waals surface area contributed by atoms with Crippen LogP contribution < -0.4 is 5.32 Å². The molecular formula is C22H28N4O3S. The molecule has 1 aromatic carbocycles. The highest BCUT2D eigenvalue weighted by Crippen LogP contribution is 2.27. The highest BCUT2D eigenvalue weighted by molar-refractivity contribution is 8.14. The summed E-state index contributed by atoms with van der Waals surface area (Å²) in [5, 5.41) is 3.66. The molecule has 0 radical (unpaired) electrons. The lowest BCUT2D eigenvalue weighted by Gasteiger charge is -2.14. The van der Waals surface area contributed by atoms with E-state index in [4.69, 9.17) is 4.74 Å². The van der Waals surface area contributed by atoms with Crippen molar-refractivity contribution in [3.8, 4) is 0 Å². The number of rotatable bonds is 5. The SMILES string of the molecule is CCC(=O)Nc1nc2cc(C(=O)OCC3CCCCCC3)ccc2n1C1=NCCS1. The van der Waals surface area contributed by atoms with E-state index in [1.807, 2.05) is 10.6 Å². The van der Waals surface area contributed by atoms with Gasteiger partial charge in [-0.25, -0.2) is 9.78 Å². The number of esters is 1. The number of carbonyl (C=O) groups is 2. The largest absolute Gasteiger partial charge is 0.462 e. The Kier molecular flexibility index (Phi) is 6.72. The number of hydrogen-bond donors (Lipinski definition) is 1. The predicted molar refractivity (Wildman–Crippen MR) is 120 cm³/mol. The Hall–Kier alpha value is -2.35. The van der Waals surface area contributed by atoms with E-state index in [0.29, 0.717) is 36.0 Å². The monoisotopic (exact) mass is 428 g/mol. The maximum absolute atomic E-state index is 12.6. The minimum atomic E-state index is -0.317. The Morgan fingerprint density at radius 1 is 1.23 bits per heavy atom. The zero-order valence-corrected chi connectivity index (χ0v) is 18.2. The van der Waals surface area contributed by atoms with Crippen molar-refractivity contribution in [2.24, 2.45) is 10.9 Å². The van der Waals surface area contributed by atoms with E-state index in [9.17, 15) is 9.59 Å². The number of benzene rings is 1. The van der Waals surface area contributed by atoms with Gasteiger partial charge in [0.15, 0.2) is 5.17 Å². The Morgan fingerprint density at radius 2 is 2.03 bits per heavy atom. The summed E-state index contributed by atoms with van der Waals surface area (Å²) in [4.78, 5) is 33.7. The summed E-state index contributed by atoms with van der Waals surface area (Å²) < 4.78 is 7.48. The fourth-order valence-electron chi connectivity index (χ4n) is 3.96. The van der Waals surface area contributed by atoms with Gasteiger partial charge in [0.05, 0.1) is 29.7 Å². The van der Waals surface area contributed by atoms with Crippen LogP contribution in [0.4, 0.5) is 5.95 Å². The molecule has 2 aromatic rings. The van der Waals surface area contributed by atoms with Crippen LogP contribution in [0.5, 0.6) is 0 Å². The van der Waals surface area contributed by atoms with E-state index in [0.717, 1.165) is 35.8 Å². The van der Waals surface area contributed by atoms with E-state index < -0.39 is 0 Å². The summed E-state index contributed by atoms with van der Waals surface area (Å²) in [6.45, 7) is 3.02. The van der Waals surface area contributed by atoms with Gasteiger partial charge in [-0.05, 0) is 37.0 Å². The summed E-state index contributed by atoms with van der Waals surface area (Å²) >= 11 is 1.63. The number of thioether (sulfide) groups is 1. The number of nitrogens with zero attached hydrogens (tertiary/aromatic N) is 3. The van der Waals surface area contributed by atoms with Gasteiger partial charge < -0.3 is 4.74 Å². The molecule has 1 aliphatic carbocycles. The molecule has 0 atom stereocenters. The van der Waals surface area contributed by atoms with Crippen LogP contribution in [-0.4, -0.2) is 45.5 Å². The molecule has 2 aliphatic rings. The fraction of sp³-hybridized carbons (Fsp3) is 0.545. The third-order valence-electron chi connectivity index (χ3n) is 5.65. The Morgan fingerprint density at radius 3 is 2.73 bits per heavy atom. The van der Waals surface area contributed by atoms with Crippen molar-refractivity contribution >= 4 is 45.8 Å². The van der Waals surface area contributed by atoms with Crippen molar-refractivity contribution in [1.82, 2.24) is 9.55 Å². The molecular weight excluding hydrogens is 400 g/mol. The molecule has 1 saturated carbocycles. The smallest absolute Gasteiger partial charge is 0.338 e. The van der Waals surface area contributed by atoms with Gasteiger partial charge in [0.1, 0.15) is 0 Å². The van der Waals surface area contributed by atoms with Crippen LogP contribution in [0.15, 0.2) is 23.2 Å². The van der Waals surface area contributed by atoms with E-state index in [2.05, 4.69) is 15.3 Å². The average molecular weight is 429 g/mol. The molecule has 7 nitrogen and oxygen atoms in total. The van der Waals surface area contributed by atoms with Crippen LogP contribution in [0.3, 0.4) is 0 Å². The number of fused-ring (bicyclic) bond motifs is 1. The molecule has 8 heteroatoms. The first-order chi connectivity index (χ1) is 14.7. The molecule has 1 N–H and O–H groups in total. The van der Waals surface area contributed by atoms with Crippen molar-refractivity contribution in [3.05, 3.63) is 23.8 Å². The maximum Gasteiger partial charge on any atom is 0.338 e. The van der Waals surface area contributed by atoms with Crippen LogP contribution in [0, 0.1) is 5.92 Å². The third-order valence-corrected chi connectivity index (χ3v) is 6.60. The minimum Gasteiger partial charge on any atom is -0.462 e. The molecule has 1 aliphatic heterocycles. The predicted octanol–water partition coefficient (Wildman–Crippen LogP) is 4.46. The molecule has 30 heavy (non-hydrogen) atoms. The molecule has 0 saturated heterocycles. The van der Waals surface area contributed by atoms with Gasteiger partial charge in [-0.3, -0.25) is 19.7 Å². The first kappa shape index (κ1) is 20.9. The molecule has 1 fully saturated rings. The topological polar surface area (TPSA) is 85.6 Å². The fourth-order valence-corrected chi connectivity index (χ4v) is 4.83. The number of ether oxygens (including phenoxy) is 1. The Labute approximate surface area is 180 Å². The van der Waals surface area contributed by atoms with Gasteiger partial charge in [0, 0.05) is 12.2 Å². The summed E-state index contributed by atoms with van der Waals surface area (Å²) in [7, 11) is 0. The van der Waals surface area contributed by atoms with Crippen molar-refractivity contribution in [2.45, 2.75) is 51.9 Å². The van der Waals surface area contributed by atoms with Crippen molar-refractivity contribution in [2.75, 3.05) is 24.2 Å². The minimum absolute atomic E-state index is 0.113. The second-order valence-electron chi connectivity index (χ2n) is 7.84. The van der Waals surface area contributed by atoms with E-state index in [1.165, 1.54) is 25.7 Å². The summed E-state index contributed by atoms with van der Waals surface area (Å²) in [6, 6.07) is 5.36. The van der Waals surface area contributed by atoms with Gasteiger partial charge in [-0.1, -0.05) is 44.4 Å². The number of aromatic nitrogens is 2. The Bertz CT molecular complexity index is 961. The van der Waals surface area contributed by atoms with E-state index >= 15 is 0 Å². The zero-order chi connectivity index (χ0) is 20.9. The van der Waals surface area contributed by atoms with Crippen LogP contribution in [0.25, 0.3) is 11.0 Å². The maximum atomic E-state index is 12.6. The molecule has 0 bridgehead atoms. The normalized spacial score (nSPS) is 17.6. The Balaban J connectivity index is 1.55. The van der Waals surface area contributed by atoms with Crippen LogP contribution in [0.1, 0.15) is 62.2 Å². The quantitative estimate of drug-likeness (QED) is 0.561. The van der Waals surface area contributed by atoms with Crippen molar-refractivity contribution in [3.63, 3.8) is 0 Å². The lowest BCUT2D eigenvalue weighted by atomic mass is 10.0. The molecule has 160 valence electrons. The lowest BCUT2D eigenvalue weighted by Crippen LogP contribution is -2.17. The first-order valence-corrected chi connectivity index (χ1v) is 11.8. The molecule has 2 heterocycles. The molecule has 4 rings (SSSR count). The lowest BCUT2D eigenvalue weighted by molar-refractivity contribution is -0.115. The number of amides is 1. The molecule has 0 unspecified atom stereocenters. The number of aliphatic imine (C=N–C) groups is 1. The first-order valence-electron chi connectivity index (χ1n) is 10.8. The molecule has 1 aromatic heterocycles. The van der Waals surface area contributed by atoms with Crippen molar-refractivity contribution < 1.29 is 14.3 Å².